The van der Waals surface area contributed by atoms with Gasteiger partial charge in [-0.15, -0.1) is 0 Å². The van der Waals surface area contributed by atoms with Gasteiger partial charge < -0.3 is 19.9 Å². The van der Waals surface area contributed by atoms with Gasteiger partial charge in [0.15, 0.2) is 17.5 Å². The maximum Gasteiger partial charge on any atom is 0.249 e. The molecule has 0 spiro atoms. The molecule has 0 aliphatic carbocycles. The van der Waals surface area contributed by atoms with Gasteiger partial charge in [-0.2, -0.15) is 4.98 Å². The summed E-state index contributed by atoms with van der Waals surface area (Å²) >= 11 is 0. The Bertz CT molecular complexity index is 935. The van der Waals surface area contributed by atoms with Crippen molar-refractivity contribution in [3.05, 3.63) is 46.9 Å². The summed E-state index contributed by atoms with van der Waals surface area (Å²) in [6, 6.07) is 0.134. The highest BCUT2D eigenvalue weighted by atomic mass is 19.2. The van der Waals surface area contributed by atoms with Crippen molar-refractivity contribution >= 4 is 5.91 Å². The maximum atomic E-state index is 13.9. The lowest BCUT2D eigenvalue weighted by atomic mass is 9.94. The number of halogens is 3. The van der Waals surface area contributed by atoms with Crippen LogP contribution in [-0.4, -0.2) is 47.3 Å². The number of likely N-dealkylation sites (tertiary alicyclic amines) is 1. The summed E-state index contributed by atoms with van der Waals surface area (Å²) in [6.45, 7) is 4.78. The van der Waals surface area contributed by atoms with Crippen molar-refractivity contribution in [1.82, 2.24) is 15.0 Å². The zero-order valence-corrected chi connectivity index (χ0v) is 17.8. The van der Waals surface area contributed by atoms with Gasteiger partial charge >= 0.3 is 0 Å². The Labute approximate surface area is 178 Å². The molecular formula is C21H27F3N4O3. The molecule has 1 aromatic carbocycles. The van der Waals surface area contributed by atoms with Crippen LogP contribution in [0.4, 0.5) is 13.2 Å². The van der Waals surface area contributed by atoms with E-state index in [1.165, 1.54) is 0 Å². The SMILES string of the molecule is COCC(C)(C)c1noc([C@@H]2CCCN2C(=O)CC(N)Cc2cc(F)c(F)cc2F)n1. The Morgan fingerprint density at radius 1 is 1.32 bits per heavy atom. The molecule has 1 unspecified atom stereocenters. The number of carbonyl (C=O) groups excluding carboxylic acids is 1. The smallest absolute Gasteiger partial charge is 0.249 e. The molecule has 1 aromatic heterocycles. The topological polar surface area (TPSA) is 94.5 Å². The highest BCUT2D eigenvalue weighted by Gasteiger charge is 2.36. The fraction of sp³-hybridized carbons (Fsp3) is 0.571. The van der Waals surface area contributed by atoms with Crippen molar-refractivity contribution in [1.29, 1.82) is 0 Å². The average Bonchev–Trinajstić information content (AvgIpc) is 3.35. The Balaban J connectivity index is 1.66. The molecule has 2 N–H and O–H groups in total. The maximum absolute atomic E-state index is 13.9. The molecule has 7 nitrogen and oxygen atoms in total. The van der Waals surface area contributed by atoms with Gasteiger partial charge in [0.05, 0.1) is 12.0 Å². The molecule has 1 amide bonds. The van der Waals surface area contributed by atoms with Gasteiger partial charge in [-0.05, 0) is 30.9 Å². The second-order valence-electron chi connectivity index (χ2n) is 8.54. The van der Waals surface area contributed by atoms with Crippen LogP contribution in [0.2, 0.25) is 0 Å². The van der Waals surface area contributed by atoms with Crippen molar-refractivity contribution in [2.75, 3.05) is 20.3 Å². The van der Waals surface area contributed by atoms with Crippen LogP contribution in [0.3, 0.4) is 0 Å². The van der Waals surface area contributed by atoms with Gasteiger partial charge in [-0.3, -0.25) is 4.79 Å². The van der Waals surface area contributed by atoms with Crippen LogP contribution in [-0.2, 0) is 21.4 Å². The van der Waals surface area contributed by atoms with Crippen LogP contribution in [0.1, 0.15) is 56.4 Å². The van der Waals surface area contributed by atoms with Gasteiger partial charge in [-0.25, -0.2) is 13.2 Å². The van der Waals surface area contributed by atoms with Crippen molar-refractivity contribution in [3.8, 4) is 0 Å². The lowest BCUT2D eigenvalue weighted by molar-refractivity contribution is -0.132. The molecule has 3 rings (SSSR count). The predicted molar refractivity (Wildman–Crippen MR) is 106 cm³/mol. The Morgan fingerprint density at radius 3 is 2.74 bits per heavy atom. The third-order valence-corrected chi connectivity index (χ3v) is 5.42. The first-order chi connectivity index (χ1) is 14.6. The monoisotopic (exact) mass is 440 g/mol. The average molecular weight is 440 g/mol. The highest BCUT2D eigenvalue weighted by molar-refractivity contribution is 5.77. The Hall–Kier alpha value is -2.46. The molecule has 1 aliphatic rings. The van der Waals surface area contributed by atoms with Crippen LogP contribution < -0.4 is 5.73 Å². The van der Waals surface area contributed by atoms with Crippen LogP contribution in [0.5, 0.6) is 0 Å². The van der Waals surface area contributed by atoms with Crippen molar-refractivity contribution in [2.24, 2.45) is 5.73 Å². The number of amides is 1. The molecule has 2 heterocycles. The van der Waals surface area contributed by atoms with Gasteiger partial charge in [0, 0.05) is 32.2 Å². The van der Waals surface area contributed by atoms with E-state index in [4.69, 9.17) is 15.0 Å². The predicted octanol–water partition coefficient (Wildman–Crippen LogP) is 3.03. The van der Waals surface area contributed by atoms with Crippen molar-refractivity contribution in [3.63, 3.8) is 0 Å². The number of ether oxygens (including phenoxy) is 1. The third-order valence-electron chi connectivity index (χ3n) is 5.42. The summed E-state index contributed by atoms with van der Waals surface area (Å²) in [5.41, 5.74) is 5.50. The van der Waals surface area contributed by atoms with Crippen LogP contribution in [0.25, 0.3) is 0 Å². The molecular weight excluding hydrogens is 413 g/mol. The minimum Gasteiger partial charge on any atom is -0.384 e. The largest absolute Gasteiger partial charge is 0.384 e. The van der Waals surface area contributed by atoms with E-state index in [0.717, 1.165) is 12.5 Å². The van der Waals surface area contributed by atoms with E-state index in [-0.39, 0.29) is 30.4 Å². The number of hydrogen-bond donors (Lipinski definition) is 1. The summed E-state index contributed by atoms with van der Waals surface area (Å²) in [7, 11) is 1.59. The number of benzene rings is 1. The van der Waals surface area contributed by atoms with Gasteiger partial charge in [0.2, 0.25) is 11.8 Å². The zero-order valence-electron chi connectivity index (χ0n) is 17.8. The molecule has 31 heavy (non-hydrogen) atoms. The van der Waals surface area contributed by atoms with Crippen LogP contribution in [0.15, 0.2) is 16.7 Å². The molecule has 2 aromatic rings. The van der Waals surface area contributed by atoms with Crippen LogP contribution in [0, 0.1) is 17.5 Å². The van der Waals surface area contributed by atoms with E-state index >= 15 is 0 Å². The number of nitrogens with two attached hydrogens (primary N) is 1. The molecule has 0 saturated carbocycles. The fourth-order valence-electron chi connectivity index (χ4n) is 3.81. The van der Waals surface area contributed by atoms with E-state index in [1.54, 1.807) is 12.0 Å². The minimum absolute atomic E-state index is 0.0703. The first kappa shape index (κ1) is 23.2. The quantitative estimate of drug-likeness (QED) is 0.634. The molecule has 1 fully saturated rings. The first-order valence-electron chi connectivity index (χ1n) is 10.1. The molecule has 10 heteroatoms. The summed E-state index contributed by atoms with van der Waals surface area (Å²) in [5, 5.41) is 4.05. The molecule has 1 saturated heterocycles. The van der Waals surface area contributed by atoms with Gasteiger partial charge in [-0.1, -0.05) is 19.0 Å². The van der Waals surface area contributed by atoms with Crippen LogP contribution >= 0.6 is 0 Å². The minimum atomic E-state index is -1.27. The van der Waals surface area contributed by atoms with E-state index in [2.05, 4.69) is 10.1 Å². The number of nitrogens with zero attached hydrogens (tertiary/aromatic N) is 3. The summed E-state index contributed by atoms with van der Waals surface area (Å²) < 4.78 is 51.0. The molecule has 0 bridgehead atoms. The lowest BCUT2D eigenvalue weighted by Crippen LogP contribution is -2.36. The lowest BCUT2D eigenvalue weighted by Gasteiger charge is -2.24. The van der Waals surface area contributed by atoms with Crippen molar-refractivity contribution < 1.29 is 27.2 Å². The Kier molecular flexibility index (Phi) is 7.00. The van der Waals surface area contributed by atoms with Gasteiger partial charge in [0.25, 0.3) is 0 Å². The summed E-state index contributed by atoms with van der Waals surface area (Å²) in [4.78, 5) is 19.0. The number of hydrogen-bond acceptors (Lipinski definition) is 6. The highest BCUT2D eigenvalue weighted by Crippen LogP contribution is 2.33. The van der Waals surface area contributed by atoms with Gasteiger partial charge in [0.1, 0.15) is 11.9 Å². The molecule has 0 radical (unpaired) electrons. The van der Waals surface area contributed by atoms with E-state index in [1.807, 2.05) is 13.8 Å². The molecule has 2 atom stereocenters. The third kappa shape index (κ3) is 5.24. The molecule has 170 valence electrons. The van der Waals surface area contributed by atoms with E-state index < -0.39 is 28.9 Å². The zero-order chi connectivity index (χ0) is 22.8. The fourth-order valence-corrected chi connectivity index (χ4v) is 3.81. The number of aromatic nitrogens is 2. The second kappa shape index (κ2) is 9.35. The molecule has 1 aliphatic heterocycles. The first-order valence-corrected chi connectivity index (χ1v) is 10.1. The normalized spacial score (nSPS) is 17.9. The number of rotatable bonds is 8. The standard InChI is InChI=1S/C21H27F3N4O3/c1-21(2,11-30-3)20-26-19(31-27-20)17-5-4-6-28(17)18(29)9-13(25)7-12-8-15(23)16(24)10-14(12)22/h8,10,13,17H,4-7,9,11,25H2,1-3H3/t13?,17-/m0/s1. The van der Waals surface area contributed by atoms with E-state index in [9.17, 15) is 18.0 Å². The number of carbonyl (C=O) groups is 1. The summed E-state index contributed by atoms with van der Waals surface area (Å²) in [5.74, 6) is -2.71. The van der Waals surface area contributed by atoms with Crippen molar-refractivity contribution in [2.45, 2.75) is 57.0 Å². The number of methoxy groups -OCH3 is 1. The second-order valence-corrected chi connectivity index (χ2v) is 8.54. The summed E-state index contributed by atoms with van der Waals surface area (Å²) in [6.07, 6.45) is 1.27. The van der Waals surface area contributed by atoms with E-state index in [0.29, 0.717) is 37.4 Å². The Morgan fingerprint density at radius 2 is 2.03 bits per heavy atom.